The van der Waals surface area contributed by atoms with Gasteiger partial charge in [-0.3, -0.25) is 4.79 Å². The second-order valence-corrected chi connectivity index (χ2v) is 9.17. The summed E-state index contributed by atoms with van der Waals surface area (Å²) in [4.78, 5) is 41.0. The number of carbonyl (C=O) groups excluding carboxylic acids is 1. The lowest BCUT2D eigenvalue weighted by atomic mass is 9.78. The number of hydrogen-bond acceptors (Lipinski definition) is 6. The van der Waals surface area contributed by atoms with Gasteiger partial charge in [0.2, 0.25) is 0 Å². The van der Waals surface area contributed by atoms with E-state index in [1.807, 2.05) is 49.1 Å². The summed E-state index contributed by atoms with van der Waals surface area (Å²) in [5.74, 6) is -2.39. The largest absolute Gasteiger partial charge is 0.478 e. The number of rotatable bonds is 5. The number of benzene rings is 2. The van der Waals surface area contributed by atoms with Crippen LogP contribution in [-0.2, 0) is 14.3 Å². The number of aliphatic carboxylic acids is 1. The van der Waals surface area contributed by atoms with Crippen molar-refractivity contribution in [3.63, 3.8) is 0 Å². The van der Waals surface area contributed by atoms with Gasteiger partial charge in [-0.1, -0.05) is 42.5 Å². The highest BCUT2D eigenvalue weighted by Crippen LogP contribution is 2.45. The molecule has 3 aromatic rings. The first-order valence-corrected chi connectivity index (χ1v) is 11.7. The summed E-state index contributed by atoms with van der Waals surface area (Å²) in [6.45, 7) is 9.07. The topological polar surface area (TPSA) is 97.0 Å². The van der Waals surface area contributed by atoms with Gasteiger partial charge >= 0.3 is 11.9 Å². The number of allylic oxidation sites excluding steroid dienone is 2. The van der Waals surface area contributed by atoms with Crippen LogP contribution in [0.3, 0.4) is 0 Å². The molecule has 0 spiro atoms. The van der Waals surface area contributed by atoms with Crippen LogP contribution >= 0.6 is 0 Å². The average Bonchev–Trinajstić information content (AvgIpc) is 2.85. The van der Waals surface area contributed by atoms with Gasteiger partial charge < -0.3 is 19.2 Å². The zero-order valence-corrected chi connectivity index (χ0v) is 21.2. The Balaban J connectivity index is 2.13. The minimum atomic E-state index is -1.16. The molecule has 36 heavy (non-hydrogen) atoms. The van der Waals surface area contributed by atoms with Crippen LogP contribution in [0.5, 0.6) is 0 Å². The number of carbonyl (C=O) groups is 2. The quantitative estimate of drug-likeness (QED) is 0.483. The van der Waals surface area contributed by atoms with E-state index in [2.05, 4.69) is 0 Å². The predicted octanol–water partition coefficient (Wildman–Crippen LogP) is 5.38. The Morgan fingerprint density at radius 3 is 2.19 bits per heavy atom. The fourth-order valence-electron chi connectivity index (χ4n) is 5.24. The molecule has 7 heteroatoms. The molecule has 2 aromatic carbocycles. The molecule has 1 N–H and O–H groups in total. The van der Waals surface area contributed by atoms with Gasteiger partial charge in [0.1, 0.15) is 11.3 Å². The molecule has 0 aliphatic carbocycles. The molecule has 0 saturated heterocycles. The second kappa shape index (κ2) is 9.49. The van der Waals surface area contributed by atoms with Gasteiger partial charge in [-0.25, -0.2) is 9.59 Å². The first-order valence-electron chi connectivity index (χ1n) is 11.7. The van der Waals surface area contributed by atoms with Gasteiger partial charge in [0.15, 0.2) is 5.43 Å². The van der Waals surface area contributed by atoms with Crippen molar-refractivity contribution in [3.05, 3.63) is 92.4 Å². The number of fused-ring (bicyclic) bond motifs is 1. The Morgan fingerprint density at radius 1 is 0.972 bits per heavy atom. The van der Waals surface area contributed by atoms with Crippen molar-refractivity contribution in [2.45, 2.75) is 46.6 Å². The third-order valence-corrected chi connectivity index (χ3v) is 6.75. The van der Waals surface area contributed by atoms with Crippen LogP contribution in [0.15, 0.2) is 80.3 Å². The standard InChI is InChI=1S/C29H29NO6/c1-15(2)30-17(4)22(28(32)33)24(23(18(30)5)29(34)35-6)20-13-10-14-21-25(31)16(3)26(36-27(20)21)19-11-8-7-9-12-19/h7-15,24H,1-6H3,(H,32,33). The van der Waals surface area contributed by atoms with Crippen LogP contribution in [0, 0.1) is 6.92 Å². The zero-order valence-electron chi connectivity index (χ0n) is 21.2. The van der Waals surface area contributed by atoms with Crippen LogP contribution in [0.2, 0.25) is 0 Å². The van der Waals surface area contributed by atoms with Gasteiger partial charge in [-0.15, -0.1) is 0 Å². The van der Waals surface area contributed by atoms with Crippen molar-refractivity contribution in [1.82, 2.24) is 4.90 Å². The minimum Gasteiger partial charge on any atom is -0.478 e. The normalized spacial score (nSPS) is 16.2. The fourth-order valence-corrected chi connectivity index (χ4v) is 5.24. The summed E-state index contributed by atoms with van der Waals surface area (Å²) in [5.41, 5.74) is 2.97. The van der Waals surface area contributed by atoms with Gasteiger partial charge in [0.05, 0.1) is 29.6 Å². The molecule has 0 saturated carbocycles. The molecule has 0 fully saturated rings. The molecule has 186 valence electrons. The number of carboxylic acids is 1. The lowest BCUT2D eigenvalue weighted by molar-refractivity contribution is -0.136. The smallest absolute Gasteiger partial charge is 0.336 e. The molecule has 0 radical (unpaired) electrons. The highest BCUT2D eigenvalue weighted by Gasteiger charge is 2.41. The maximum Gasteiger partial charge on any atom is 0.336 e. The van der Waals surface area contributed by atoms with Crippen LogP contribution in [0.25, 0.3) is 22.3 Å². The number of hydrogen-bond donors (Lipinski definition) is 1. The zero-order chi connectivity index (χ0) is 26.3. The molecule has 1 aromatic heterocycles. The number of carboxylic acid groups (broad SMARTS) is 1. The van der Waals surface area contributed by atoms with E-state index in [0.29, 0.717) is 33.7 Å². The highest BCUT2D eigenvalue weighted by molar-refractivity contribution is 6.01. The van der Waals surface area contributed by atoms with Crippen molar-refractivity contribution in [3.8, 4) is 11.3 Å². The molecule has 2 heterocycles. The van der Waals surface area contributed by atoms with Crippen molar-refractivity contribution < 1.29 is 23.8 Å². The lowest BCUT2D eigenvalue weighted by Gasteiger charge is -2.39. The van der Waals surface area contributed by atoms with Crippen molar-refractivity contribution in [2.75, 3.05) is 7.11 Å². The van der Waals surface area contributed by atoms with Gasteiger partial charge in [0, 0.05) is 34.1 Å². The first-order chi connectivity index (χ1) is 17.1. The molecular formula is C29H29NO6. The number of methoxy groups -OCH3 is 1. The monoisotopic (exact) mass is 487 g/mol. The molecule has 1 atom stereocenters. The van der Waals surface area contributed by atoms with Crippen molar-refractivity contribution in [2.24, 2.45) is 0 Å². The molecule has 4 rings (SSSR count). The minimum absolute atomic E-state index is 0.0340. The van der Waals surface area contributed by atoms with Crippen molar-refractivity contribution >= 4 is 22.9 Å². The van der Waals surface area contributed by atoms with E-state index < -0.39 is 17.9 Å². The lowest BCUT2D eigenvalue weighted by Crippen LogP contribution is -2.38. The maximum atomic E-state index is 13.4. The van der Waals surface area contributed by atoms with E-state index in [1.54, 1.807) is 39.0 Å². The molecule has 1 aliphatic rings. The maximum absolute atomic E-state index is 13.4. The molecule has 1 unspecified atom stereocenters. The van der Waals surface area contributed by atoms with E-state index in [9.17, 15) is 19.5 Å². The Kier molecular flexibility index (Phi) is 6.59. The van der Waals surface area contributed by atoms with Crippen LogP contribution in [-0.4, -0.2) is 35.1 Å². The van der Waals surface area contributed by atoms with Gasteiger partial charge in [-0.2, -0.15) is 0 Å². The van der Waals surface area contributed by atoms with Crippen LogP contribution in [0.1, 0.15) is 44.7 Å². The third kappa shape index (κ3) is 3.90. The number of ether oxygens (including phenoxy) is 1. The summed E-state index contributed by atoms with van der Waals surface area (Å²) in [6, 6.07) is 14.2. The number of esters is 1. The van der Waals surface area contributed by atoms with E-state index in [0.717, 1.165) is 5.56 Å². The van der Waals surface area contributed by atoms with Gasteiger partial charge in [-0.05, 0) is 40.7 Å². The molecule has 0 amide bonds. The summed E-state index contributed by atoms with van der Waals surface area (Å²) >= 11 is 0. The van der Waals surface area contributed by atoms with E-state index in [4.69, 9.17) is 9.15 Å². The Morgan fingerprint density at radius 2 is 1.61 bits per heavy atom. The molecule has 0 bridgehead atoms. The van der Waals surface area contributed by atoms with Crippen LogP contribution in [0.4, 0.5) is 0 Å². The van der Waals surface area contributed by atoms with Crippen molar-refractivity contribution in [1.29, 1.82) is 0 Å². The first kappa shape index (κ1) is 25.0. The Labute approximate surface area is 209 Å². The third-order valence-electron chi connectivity index (χ3n) is 6.75. The van der Waals surface area contributed by atoms with Crippen LogP contribution < -0.4 is 5.43 Å². The SMILES string of the molecule is COC(=O)C1=C(C)N(C(C)C)C(C)=C(C(=O)O)C1c1cccc2c(=O)c(C)c(-c3ccccc3)oc12. The number of nitrogens with zero attached hydrogens (tertiary/aromatic N) is 1. The summed E-state index contributed by atoms with van der Waals surface area (Å²) < 4.78 is 11.5. The van der Waals surface area contributed by atoms with E-state index in [-0.39, 0.29) is 28.2 Å². The average molecular weight is 488 g/mol. The summed E-state index contributed by atoms with van der Waals surface area (Å²) in [5, 5.41) is 10.7. The van der Waals surface area contributed by atoms with Gasteiger partial charge in [0.25, 0.3) is 0 Å². The fraction of sp³-hybridized carbons (Fsp3) is 0.276. The highest BCUT2D eigenvalue weighted by atomic mass is 16.5. The Hall–Kier alpha value is -4.13. The predicted molar refractivity (Wildman–Crippen MR) is 137 cm³/mol. The summed E-state index contributed by atoms with van der Waals surface area (Å²) in [7, 11) is 1.27. The second-order valence-electron chi connectivity index (χ2n) is 9.17. The summed E-state index contributed by atoms with van der Waals surface area (Å²) in [6.07, 6.45) is 0. The Bertz CT molecular complexity index is 1490. The molecular weight excluding hydrogens is 458 g/mol. The molecule has 7 nitrogen and oxygen atoms in total. The molecule has 1 aliphatic heterocycles. The number of para-hydroxylation sites is 1. The van der Waals surface area contributed by atoms with E-state index >= 15 is 0 Å². The van der Waals surface area contributed by atoms with E-state index in [1.165, 1.54) is 7.11 Å².